The molecule has 2 atom stereocenters. The zero-order valence-corrected chi connectivity index (χ0v) is 10.2. The first-order chi connectivity index (χ1) is 6.70. The summed E-state index contributed by atoms with van der Waals surface area (Å²) in [5.74, 6) is 6.88. The molecule has 3 nitrogen and oxygen atoms in total. The summed E-state index contributed by atoms with van der Waals surface area (Å²) in [6.07, 6.45) is 3.95. The minimum absolute atomic E-state index is 0.0827. The van der Waals surface area contributed by atoms with Crippen molar-refractivity contribution >= 4 is 15.9 Å². The first kappa shape index (κ1) is 11.8. The molecular formula is C10H17BrN2O. The summed E-state index contributed by atoms with van der Waals surface area (Å²) in [6.45, 7) is 4.34. The van der Waals surface area contributed by atoms with Gasteiger partial charge in [-0.05, 0) is 34.3 Å². The first-order valence-corrected chi connectivity index (χ1v) is 5.69. The zero-order valence-electron chi connectivity index (χ0n) is 8.59. The number of hydrazine groups is 1. The monoisotopic (exact) mass is 260 g/mol. The number of nitrogens with one attached hydrogen (secondary N) is 1. The van der Waals surface area contributed by atoms with E-state index in [1.165, 1.54) is 0 Å². The minimum atomic E-state index is 0.0827. The molecule has 1 heterocycles. The van der Waals surface area contributed by atoms with Gasteiger partial charge in [0.15, 0.2) is 0 Å². The molecule has 0 fully saturated rings. The van der Waals surface area contributed by atoms with Crippen LogP contribution < -0.4 is 11.3 Å². The maximum atomic E-state index is 5.53. The average molecular weight is 261 g/mol. The fourth-order valence-corrected chi connectivity index (χ4v) is 2.10. The molecule has 1 aromatic heterocycles. The Bertz CT molecular complexity index is 275. The predicted molar refractivity (Wildman–Crippen MR) is 60.5 cm³/mol. The van der Waals surface area contributed by atoms with Gasteiger partial charge in [-0.2, -0.15) is 0 Å². The molecule has 0 bridgehead atoms. The van der Waals surface area contributed by atoms with Gasteiger partial charge >= 0.3 is 0 Å². The highest BCUT2D eigenvalue weighted by Gasteiger charge is 2.22. The van der Waals surface area contributed by atoms with Gasteiger partial charge in [0.1, 0.15) is 5.76 Å². The fraction of sp³-hybridized carbons (Fsp3) is 0.600. The van der Waals surface area contributed by atoms with Gasteiger partial charge in [-0.25, -0.2) is 5.43 Å². The van der Waals surface area contributed by atoms with Crippen LogP contribution in [0.3, 0.4) is 0 Å². The number of hydrogen-bond acceptors (Lipinski definition) is 3. The van der Waals surface area contributed by atoms with E-state index >= 15 is 0 Å². The maximum absolute atomic E-state index is 5.53. The van der Waals surface area contributed by atoms with Crippen LogP contribution in [0.15, 0.2) is 21.2 Å². The largest absolute Gasteiger partial charge is 0.466 e. The van der Waals surface area contributed by atoms with E-state index in [1.807, 2.05) is 6.07 Å². The SMILES string of the molecule is CCCC(C)C(NN)c1occc1Br. The van der Waals surface area contributed by atoms with Gasteiger partial charge in [-0.3, -0.25) is 5.84 Å². The summed E-state index contributed by atoms with van der Waals surface area (Å²) in [5.41, 5.74) is 2.81. The standard InChI is InChI=1S/C10H17BrN2O/c1-3-4-7(2)9(13-12)10-8(11)5-6-14-10/h5-7,9,13H,3-4,12H2,1-2H3. The van der Waals surface area contributed by atoms with E-state index in [-0.39, 0.29) is 6.04 Å². The molecule has 0 radical (unpaired) electrons. The van der Waals surface area contributed by atoms with Crippen LogP contribution in [0.25, 0.3) is 0 Å². The van der Waals surface area contributed by atoms with Crippen LogP contribution in [0.5, 0.6) is 0 Å². The minimum Gasteiger partial charge on any atom is -0.466 e. The predicted octanol–water partition coefficient (Wildman–Crippen LogP) is 2.98. The molecular weight excluding hydrogens is 244 g/mol. The van der Waals surface area contributed by atoms with Crippen molar-refractivity contribution in [2.75, 3.05) is 0 Å². The van der Waals surface area contributed by atoms with Crippen LogP contribution in [-0.4, -0.2) is 0 Å². The van der Waals surface area contributed by atoms with E-state index in [0.29, 0.717) is 5.92 Å². The van der Waals surface area contributed by atoms with E-state index < -0.39 is 0 Å². The average Bonchev–Trinajstić information content (AvgIpc) is 2.54. The molecule has 0 aliphatic heterocycles. The third-order valence-corrected chi connectivity index (χ3v) is 3.07. The molecule has 0 spiro atoms. The summed E-state index contributed by atoms with van der Waals surface area (Å²) in [5, 5.41) is 0. The molecule has 2 unspecified atom stereocenters. The second kappa shape index (κ2) is 5.53. The molecule has 0 aliphatic carbocycles. The van der Waals surface area contributed by atoms with E-state index in [4.69, 9.17) is 10.3 Å². The summed E-state index contributed by atoms with van der Waals surface area (Å²) in [6, 6.07) is 1.97. The van der Waals surface area contributed by atoms with Crippen LogP contribution in [0, 0.1) is 5.92 Å². The van der Waals surface area contributed by atoms with Gasteiger partial charge in [0.05, 0.1) is 16.8 Å². The topological polar surface area (TPSA) is 51.2 Å². The van der Waals surface area contributed by atoms with Crippen molar-refractivity contribution in [2.45, 2.75) is 32.7 Å². The Morgan fingerprint density at radius 2 is 2.36 bits per heavy atom. The Labute approximate surface area is 93.1 Å². The Balaban J connectivity index is 2.76. The summed E-state index contributed by atoms with van der Waals surface area (Å²) in [7, 11) is 0. The van der Waals surface area contributed by atoms with Gasteiger partial charge in [0, 0.05) is 0 Å². The first-order valence-electron chi connectivity index (χ1n) is 4.89. The smallest absolute Gasteiger partial charge is 0.136 e. The highest BCUT2D eigenvalue weighted by molar-refractivity contribution is 9.10. The Kier molecular flexibility index (Phi) is 4.65. The normalized spacial score (nSPS) is 15.4. The van der Waals surface area contributed by atoms with Crippen LogP contribution in [-0.2, 0) is 0 Å². The molecule has 0 saturated heterocycles. The summed E-state index contributed by atoms with van der Waals surface area (Å²) in [4.78, 5) is 0. The third kappa shape index (κ3) is 2.59. The summed E-state index contributed by atoms with van der Waals surface area (Å²) < 4.78 is 6.37. The van der Waals surface area contributed by atoms with Crippen molar-refractivity contribution in [2.24, 2.45) is 11.8 Å². The van der Waals surface area contributed by atoms with E-state index in [0.717, 1.165) is 23.1 Å². The second-order valence-electron chi connectivity index (χ2n) is 3.54. The van der Waals surface area contributed by atoms with E-state index in [2.05, 4.69) is 35.2 Å². The highest BCUT2D eigenvalue weighted by Crippen LogP contribution is 2.30. The van der Waals surface area contributed by atoms with E-state index in [9.17, 15) is 0 Å². The maximum Gasteiger partial charge on any atom is 0.136 e. The summed E-state index contributed by atoms with van der Waals surface area (Å²) >= 11 is 3.44. The van der Waals surface area contributed by atoms with Gasteiger partial charge in [-0.1, -0.05) is 20.3 Å². The quantitative estimate of drug-likeness (QED) is 0.632. The van der Waals surface area contributed by atoms with E-state index in [1.54, 1.807) is 6.26 Å². The number of rotatable bonds is 5. The van der Waals surface area contributed by atoms with Gasteiger partial charge in [0.25, 0.3) is 0 Å². The highest BCUT2D eigenvalue weighted by atomic mass is 79.9. The van der Waals surface area contributed by atoms with Gasteiger partial charge in [-0.15, -0.1) is 0 Å². The lowest BCUT2D eigenvalue weighted by Gasteiger charge is -2.21. The molecule has 1 rings (SSSR count). The number of halogens is 1. The molecule has 0 saturated carbocycles. The fourth-order valence-electron chi connectivity index (χ4n) is 1.65. The molecule has 0 aliphatic rings. The second-order valence-corrected chi connectivity index (χ2v) is 4.40. The van der Waals surface area contributed by atoms with Crippen molar-refractivity contribution in [1.82, 2.24) is 5.43 Å². The van der Waals surface area contributed by atoms with Crippen LogP contribution >= 0.6 is 15.9 Å². The number of nitrogens with two attached hydrogens (primary N) is 1. The molecule has 4 heteroatoms. The molecule has 80 valence electrons. The van der Waals surface area contributed by atoms with Crippen molar-refractivity contribution in [3.05, 3.63) is 22.6 Å². The third-order valence-electron chi connectivity index (χ3n) is 2.42. The molecule has 0 amide bonds. The van der Waals surface area contributed by atoms with Crippen LogP contribution in [0.2, 0.25) is 0 Å². The van der Waals surface area contributed by atoms with Crippen molar-refractivity contribution < 1.29 is 4.42 Å². The van der Waals surface area contributed by atoms with Crippen molar-refractivity contribution in [1.29, 1.82) is 0 Å². The van der Waals surface area contributed by atoms with Crippen LogP contribution in [0.4, 0.5) is 0 Å². The van der Waals surface area contributed by atoms with Crippen LogP contribution in [0.1, 0.15) is 38.5 Å². The van der Waals surface area contributed by atoms with Gasteiger partial charge < -0.3 is 4.42 Å². The lowest BCUT2D eigenvalue weighted by molar-refractivity contribution is 0.312. The molecule has 3 N–H and O–H groups in total. The number of furan rings is 1. The van der Waals surface area contributed by atoms with Crippen molar-refractivity contribution in [3.8, 4) is 0 Å². The lowest BCUT2D eigenvalue weighted by atomic mass is 9.95. The molecule has 1 aromatic rings. The number of hydrogen-bond donors (Lipinski definition) is 2. The molecule has 14 heavy (non-hydrogen) atoms. The van der Waals surface area contributed by atoms with Crippen molar-refractivity contribution in [3.63, 3.8) is 0 Å². The van der Waals surface area contributed by atoms with Gasteiger partial charge in [0.2, 0.25) is 0 Å². The Morgan fingerprint density at radius 1 is 1.64 bits per heavy atom. The Hall–Kier alpha value is -0.320. The Morgan fingerprint density at radius 3 is 2.79 bits per heavy atom. The molecule has 0 aromatic carbocycles. The lowest BCUT2D eigenvalue weighted by Crippen LogP contribution is -2.32. The zero-order chi connectivity index (χ0) is 10.6.